The van der Waals surface area contributed by atoms with E-state index in [1.54, 1.807) is 0 Å². The van der Waals surface area contributed by atoms with Crippen LogP contribution in [0.4, 0.5) is 0 Å². The van der Waals surface area contributed by atoms with Gasteiger partial charge in [0.2, 0.25) is 0 Å². The van der Waals surface area contributed by atoms with Crippen molar-refractivity contribution in [1.29, 1.82) is 0 Å². The van der Waals surface area contributed by atoms with Crippen LogP contribution in [0.25, 0.3) is 16.8 Å². The molecule has 1 aromatic carbocycles. The lowest BCUT2D eigenvalue weighted by molar-refractivity contribution is 0.0934. The molecule has 0 aliphatic heterocycles. The Morgan fingerprint density at radius 3 is 2.32 bits per heavy atom. The third-order valence-corrected chi connectivity index (χ3v) is 6.65. The van der Waals surface area contributed by atoms with Crippen LogP contribution in [-0.2, 0) is 0 Å². The highest BCUT2D eigenvalue weighted by Crippen LogP contribution is 2.35. The standard InChI is InChI=1S/C23H25ClN2OS/c24-18-12-10-17(11-13-18)20-16-28-22(21(20)26-14-6-7-15-26)23(27)25-19-8-4-2-1-3-5-9-19/h6-7,10-16,19H,1-5,8-9H2,(H,25,27). The maximum atomic E-state index is 13.2. The molecule has 3 nitrogen and oxygen atoms in total. The average Bonchev–Trinajstić information content (AvgIpc) is 3.33. The topological polar surface area (TPSA) is 34.0 Å². The Balaban J connectivity index is 1.65. The number of amides is 1. The molecule has 4 rings (SSSR count). The normalized spacial score (nSPS) is 15.8. The molecule has 0 unspecified atom stereocenters. The third kappa shape index (κ3) is 4.34. The summed E-state index contributed by atoms with van der Waals surface area (Å²) in [5, 5.41) is 6.10. The minimum absolute atomic E-state index is 0.0412. The van der Waals surface area contributed by atoms with Gasteiger partial charge in [-0.3, -0.25) is 4.79 Å². The molecule has 0 radical (unpaired) electrons. The highest BCUT2D eigenvalue weighted by molar-refractivity contribution is 7.13. The fourth-order valence-corrected chi connectivity index (χ4v) is 5.04. The van der Waals surface area contributed by atoms with Crippen LogP contribution in [-0.4, -0.2) is 16.5 Å². The zero-order chi connectivity index (χ0) is 19.3. The lowest BCUT2D eigenvalue weighted by atomic mass is 9.96. The van der Waals surface area contributed by atoms with Gasteiger partial charge in [0, 0.05) is 34.4 Å². The number of thiophene rings is 1. The summed E-state index contributed by atoms with van der Waals surface area (Å²) in [5.74, 6) is 0.0412. The molecule has 1 N–H and O–H groups in total. The lowest BCUT2D eigenvalue weighted by Crippen LogP contribution is -2.35. The van der Waals surface area contributed by atoms with Gasteiger partial charge in [-0.15, -0.1) is 11.3 Å². The van der Waals surface area contributed by atoms with Crippen LogP contribution < -0.4 is 5.32 Å². The van der Waals surface area contributed by atoms with Gasteiger partial charge >= 0.3 is 0 Å². The molecule has 1 saturated carbocycles. The van der Waals surface area contributed by atoms with E-state index in [1.165, 1.54) is 43.4 Å². The van der Waals surface area contributed by atoms with Crippen molar-refractivity contribution in [2.45, 2.75) is 51.0 Å². The van der Waals surface area contributed by atoms with Crippen molar-refractivity contribution in [2.24, 2.45) is 0 Å². The summed E-state index contributed by atoms with van der Waals surface area (Å²) in [4.78, 5) is 14.0. The van der Waals surface area contributed by atoms with Crippen LogP contribution in [0.2, 0.25) is 5.02 Å². The number of hydrogen-bond acceptors (Lipinski definition) is 2. The molecule has 2 aromatic heterocycles. The van der Waals surface area contributed by atoms with Gasteiger partial charge in [0.15, 0.2) is 0 Å². The second-order valence-corrected chi connectivity index (χ2v) is 8.76. The minimum Gasteiger partial charge on any atom is -0.349 e. The molecule has 5 heteroatoms. The van der Waals surface area contributed by atoms with Crippen molar-refractivity contribution >= 4 is 28.8 Å². The van der Waals surface area contributed by atoms with Gasteiger partial charge in [0.1, 0.15) is 4.88 Å². The molecule has 0 atom stereocenters. The first-order chi connectivity index (χ1) is 13.7. The first kappa shape index (κ1) is 19.3. The predicted octanol–water partition coefficient (Wildman–Crippen LogP) is 6.70. The monoisotopic (exact) mass is 412 g/mol. The molecule has 28 heavy (non-hydrogen) atoms. The van der Waals surface area contributed by atoms with Crippen LogP contribution in [0.5, 0.6) is 0 Å². The summed E-state index contributed by atoms with van der Waals surface area (Å²) in [7, 11) is 0. The Hall–Kier alpha value is -2.04. The summed E-state index contributed by atoms with van der Waals surface area (Å²) in [6, 6.07) is 12.1. The highest BCUT2D eigenvalue weighted by atomic mass is 35.5. The van der Waals surface area contributed by atoms with Crippen molar-refractivity contribution in [2.75, 3.05) is 0 Å². The number of carbonyl (C=O) groups is 1. The van der Waals surface area contributed by atoms with E-state index in [1.807, 2.05) is 53.4 Å². The number of nitrogens with zero attached hydrogens (tertiary/aromatic N) is 1. The zero-order valence-electron chi connectivity index (χ0n) is 15.9. The molecule has 0 saturated heterocycles. The summed E-state index contributed by atoms with van der Waals surface area (Å²) in [6.45, 7) is 0. The van der Waals surface area contributed by atoms with E-state index in [9.17, 15) is 4.79 Å². The quantitative estimate of drug-likeness (QED) is 0.508. The van der Waals surface area contributed by atoms with Gasteiger partial charge in [0.25, 0.3) is 5.91 Å². The molecule has 1 aliphatic rings. The third-order valence-electron chi connectivity index (χ3n) is 5.43. The average molecular weight is 413 g/mol. The maximum Gasteiger partial charge on any atom is 0.263 e. The first-order valence-corrected chi connectivity index (χ1v) is 11.3. The van der Waals surface area contributed by atoms with Gasteiger partial charge in [0.05, 0.1) is 5.69 Å². The summed E-state index contributed by atoms with van der Waals surface area (Å²) >= 11 is 7.57. The van der Waals surface area contributed by atoms with E-state index in [0.29, 0.717) is 5.02 Å². The zero-order valence-corrected chi connectivity index (χ0v) is 17.4. The van der Waals surface area contributed by atoms with Gasteiger partial charge in [-0.25, -0.2) is 0 Å². The SMILES string of the molecule is O=C(NC1CCCCCCC1)c1scc(-c2ccc(Cl)cc2)c1-n1cccc1. The van der Waals surface area contributed by atoms with Crippen molar-refractivity contribution < 1.29 is 4.79 Å². The van der Waals surface area contributed by atoms with E-state index in [-0.39, 0.29) is 11.9 Å². The van der Waals surface area contributed by atoms with Crippen LogP contribution in [0.15, 0.2) is 54.2 Å². The maximum absolute atomic E-state index is 13.2. The van der Waals surface area contributed by atoms with E-state index >= 15 is 0 Å². The van der Waals surface area contributed by atoms with Gasteiger partial charge in [-0.05, 0) is 42.7 Å². The van der Waals surface area contributed by atoms with E-state index in [0.717, 1.165) is 34.5 Å². The van der Waals surface area contributed by atoms with Crippen molar-refractivity contribution in [3.05, 3.63) is 64.1 Å². The Morgan fingerprint density at radius 1 is 1.00 bits per heavy atom. The van der Waals surface area contributed by atoms with Crippen molar-refractivity contribution in [3.8, 4) is 16.8 Å². The highest BCUT2D eigenvalue weighted by Gasteiger charge is 2.22. The second kappa shape index (κ2) is 8.97. The number of hydrogen-bond donors (Lipinski definition) is 1. The molecular formula is C23H25ClN2OS. The molecule has 0 bridgehead atoms. The molecule has 2 heterocycles. The van der Waals surface area contributed by atoms with Crippen LogP contribution in [0.1, 0.15) is 54.6 Å². The number of benzene rings is 1. The number of carbonyl (C=O) groups excluding carboxylic acids is 1. The Labute approximate surface area is 175 Å². The fourth-order valence-electron chi connectivity index (χ4n) is 3.94. The minimum atomic E-state index is 0.0412. The predicted molar refractivity (Wildman–Crippen MR) is 118 cm³/mol. The molecule has 1 fully saturated rings. The largest absolute Gasteiger partial charge is 0.349 e. The smallest absolute Gasteiger partial charge is 0.263 e. The summed E-state index contributed by atoms with van der Waals surface area (Å²) < 4.78 is 2.04. The second-order valence-electron chi connectivity index (χ2n) is 7.44. The van der Waals surface area contributed by atoms with Gasteiger partial charge < -0.3 is 9.88 Å². The molecular weight excluding hydrogens is 388 g/mol. The van der Waals surface area contributed by atoms with Crippen molar-refractivity contribution in [1.82, 2.24) is 9.88 Å². The first-order valence-electron chi connectivity index (χ1n) is 10.0. The lowest BCUT2D eigenvalue weighted by Gasteiger charge is -2.21. The van der Waals surface area contributed by atoms with Crippen LogP contribution in [0.3, 0.4) is 0 Å². The fraction of sp³-hybridized carbons (Fsp3) is 0.348. The van der Waals surface area contributed by atoms with E-state index in [2.05, 4.69) is 10.7 Å². The van der Waals surface area contributed by atoms with Crippen LogP contribution in [0, 0.1) is 0 Å². The molecule has 3 aromatic rings. The number of halogens is 1. The van der Waals surface area contributed by atoms with E-state index < -0.39 is 0 Å². The molecule has 146 valence electrons. The summed E-state index contributed by atoms with van der Waals surface area (Å²) in [5.41, 5.74) is 3.07. The molecule has 1 aliphatic carbocycles. The number of rotatable bonds is 4. The Kier molecular flexibility index (Phi) is 6.18. The van der Waals surface area contributed by atoms with Gasteiger partial charge in [-0.1, -0.05) is 55.8 Å². The Morgan fingerprint density at radius 2 is 1.64 bits per heavy atom. The van der Waals surface area contributed by atoms with E-state index in [4.69, 9.17) is 11.6 Å². The van der Waals surface area contributed by atoms with Crippen LogP contribution >= 0.6 is 22.9 Å². The number of aromatic nitrogens is 1. The molecule has 0 spiro atoms. The summed E-state index contributed by atoms with van der Waals surface area (Å²) in [6.07, 6.45) is 12.4. The Bertz CT molecular complexity index is 907. The van der Waals surface area contributed by atoms with Gasteiger partial charge in [-0.2, -0.15) is 0 Å². The van der Waals surface area contributed by atoms with Crippen molar-refractivity contribution in [3.63, 3.8) is 0 Å². The molecule has 1 amide bonds. The number of nitrogens with one attached hydrogen (secondary N) is 1.